The molecule has 20 heavy (non-hydrogen) atoms. The molecule has 6 heteroatoms. The summed E-state index contributed by atoms with van der Waals surface area (Å²) in [7, 11) is 3.83. The van der Waals surface area contributed by atoms with E-state index in [-0.39, 0.29) is 0 Å². The second-order valence-electron chi connectivity index (χ2n) is 4.73. The fourth-order valence-corrected chi connectivity index (χ4v) is 2.17. The zero-order valence-corrected chi connectivity index (χ0v) is 11.8. The van der Waals surface area contributed by atoms with Crippen LogP contribution in [0.1, 0.15) is 11.5 Å². The van der Waals surface area contributed by atoms with Gasteiger partial charge in [-0.3, -0.25) is 0 Å². The van der Waals surface area contributed by atoms with Gasteiger partial charge in [0, 0.05) is 26.5 Å². The van der Waals surface area contributed by atoms with Gasteiger partial charge in [-0.05, 0) is 19.1 Å². The molecule has 0 unspecified atom stereocenters. The summed E-state index contributed by atoms with van der Waals surface area (Å²) in [6, 6.07) is 3.95. The van der Waals surface area contributed by atoms with Crippen LogP contribution in [0.5, 0.6) is 0 Å². The number of imidazole rings is 1. The van der Waals surface area contributed by atoms with Crippen molar-refractivity contribution in [1.82, 2.24) is 14.4 Å². The molecular weight excluding hydrogens is 254 g/mol. The molecule has 0 amide bonds. The van der Waals surface area contributed by atoms with Crippen LogP contribution in [-0.2, 0) is 6.54 Å². The number of fused-ring (bicyclic) bond motifs is 1. The second kappa shape index (κ2) is 4.88. The Morgan fingerprint density at radius 2 is 2.25 bits per heavy atom. The fourth-order valence-electron chi connectivity index (χ4n) is 2.17. The molecular formula is C14H17N5O. The van der Waals surface area contributed by atoms with Gasteiger partial charge in [-0.2, -0.15) is 0 Å². The van der Waals surface area contributed by atoms with Crippen molar-refractivity contribution in [3.63, 3.8) is 0 Å². The van der Waals surface area contributed by atoms with Crippen molar-refractivity contribution in [2.24, 2.45) is 0 Å². The van der Waals surface area contributed by atoms with Crippen LogP contribution >= 0.6 is 0 Å². The minimum absolute atomic E-state index is 0.649. The third-order valence-corrected chi connectivity index (χ3v) is 3.16. The van der Waals surface area contributed by atoms with Crippen LogP contribution < -0.4 is 10.2 Å². The van der Waals surface area contributed by atoms with Crippen LogP contribution in [0.3, 0.4) is 0 Å². The first kappa shape index (κ1) is 12.5. The predicted octanol–water partition coefficient (Wildman–Crippen LogP) is 2.31. The fraction of sp³-hybridized carbons (Fsp3) is 0.286. The Labute approximate surface area is 117 Å². The maximum Gasteiger partial charge on any atom is 0.180 e. The third-order valence-electron chi connectivity index (χ3n) is 3.16. The van der Waals surface area contributed by atoms with Gasteiger partial charge in [-0.25, -0.2) is 9.97 Å². The van der Waals surface area contributed by atoms with Gasteiger partial charge in [-0.15, -0.1) is 0 Å². The number of rotatable bonds is 4. The molecule has 3 aromatic rings. The molecule has 3 aromatic heterocycles. The Hall–Kier alpha value is -2.50. The molecule has 0 radical (unpaired) electrons. The number of hydrogen-bond acceptors (Lipinski definition) is 5. The number of furan rings is 1. The first-order valence-corrected chi connectivity index (χ1v) is 6.45. The summed E-state index contributed by atoms with van der Waals surface area (Å²) < 4.78 is 7.57. The zero-order valence-electron chi connectivity index (χ0n) is 11.8. The summed E-state index contributed by atoms with van der Waals surface area (Å²) in [6.45, 7) is 2.59. The van der Waals surface area contributed by atoms with Gasteiger partial charge in [0.15, 0.2) is 11.5 Å². The van der Waals surface area contributed by atoms with Gasteiger partial charge in [-0.1, -0.05) is 0 Å². The van der Waals surface area contributed by atoms with Crippen molar-refractivity contribution in [1.29, 1.82) is 0 Å². The maximum absolute atomic E-state index is 5.61. The van der Waals surface area contributed by atoms with Crippen molar-refractivity contribution >= 4 is 17.3 Å². The molecule has 0 aromatic carbocycles. The topological polar surface area (TPSA) is 58.6 Å². The van der Waals surface area contributed by atoms with E-state index in [0.717, 1.165) is 28.8 Å². The standard InChI is InChI=1S/C14H17N5O/c1-10-4-5-11(20-10)8-18(3)14-13-16-6-7-19(13)9-12(15-2)17-14/h4-7,9,15H,8H2,1-3H3. The highest BCUT2D eigenvalue weighted by Crippen LogP contribution is 2.21. The first-order chi connectivity index (χ1) is 9.67. The van der Waals surface area contributed by atoms with Crippen molar-refractivity contribution in [2.75, 3.05) is 24.3 Å². The monoisotopic (exact) mass is 271 g/mol. The molecule has 104 valence electrons. The van der Waals surface area contributed by atoms with E-state index in [0.29, 0.717) is 6.54 Å². The lowest BCUT2D eigenvalue weighted by Gasteiger charge is -2.18. The molecule has 1 N–H and O–H groups in total. The van der Waals surface area contributed by atoms with Crippen LogP contribution in [0, 0.1) is 6.92 Å². The van der Waals surface area contributed by atoms with Crippen LogP contribution in [0.25, 0.3) is 5.65 Å². The highest BCUT2D eigenvalue weighted by molar-refractivity contribution is 5.66. The van der Waals surface area contributed by atoms with Crippen molar-refractivity contribution in [3.05, 3.63) is 42.2 Å². The molecule has 0 aliphatic carbocycles. The summed E-state index contributed by atoms with van der Waals surface area (Å²) in [5, 5.41) is 3.06. The van der Waals surface area contributed by atoms with E-state index in [9.17, 15) is 0 Å². The summed E-state index contributed by atoms with van der Waals surface area (Å²) in [5.74, 6) is 3.44. The Morgan fingerprint density at radius 1 is 1.40 bits per heavy atom. The molecule has 0 saturated carbocycles. The lowest BCUT2D eigenvalue weighted by Crippen LogP contribution is -2.19. The van der Waals surface area contributed by atoms with Gasteiger partial charge in [0.05, 0.1) is 12.7 Å². The van der Waals surface area contributed by atoms with Gasteiger partial charge >= 0.3 is 0 Å². The number of aryl methyl sites for hydroxylation is 1. The van der Waals surface area contributed by atoms with E-state index in [1.165, 1.54) is 0 Å². The van der Waals surface area contributed by atoms with Crippen LogP contribution in [0.4, 0.5) is 11.6 Å². The lowest BCUT2D eigenvalue weighted by atomic mass is 10.4. The van der Waals surface area contributed by atoms with E-state index < -0.39 is 0 Å². The second-order valence-corrected chi connectivity index (χ2v) is 4.73. The van der Waals surface area contributed by atoms with Crippen molar-refractivity contribution in [2.45, 2.75) is 13.5 Å². The number of hydrogen-bond donors (Lipinski definition) is 1. The van der Waals surface area contributed by atoms with Gasteiger partial charge in [0.25, 0.3) is 0 Å². The van der Waals surface area contributed by atoms with E-state index >= 15 is 0 Å². The SMILES string of the molecule is CNc1cn2ccnc2c(N(C)Cc2ccc(C)o2)n1. The molecule has 0 bridgehead atoms. The maximum atomic E-state index is 5.61. The molecule has 0 aliphatic heterocycles. The summed E-state index contributed by atoms with van der Waals surface area (Å²) in [6.07, 6.45) is 5.59. The molecule has 3 rings (SSSR count). The van der Waals surface area contributed by atoms with E-state index in [4.69, 9.17) is 4.42 Å². The molecule has 0 fully saturated rings. The Balaban J connectivity index is 1.97. The van der Waals surface area contributed by atoms with E-state index in [2.05, 4.69) is 15.3 Å². The van der Waals surface area contributed by atoms with Crippen LogP contribution in [-0.4, -0.2) is 28.5 Å². The van der Waals surface area contributed by atoms with Crippen molar-refractivity contribution in [3.8, 4) is 0 Å². The summed E-state index contributed by atoms with van der Waals surface area (Å²) in [5.41, 5.74) is 0.828. The van der Waals surface area contributed by atoms with Crippen LogP contribution in [0.15, 0.2) is 35.1 Å². The molecule has 0 saturated heterocycles. The molecule has 0 atom stereocenters. The normalized spacial score (nSPS) is 10.9. The Morgan fingerprint density at radius 3 is 2.95 bits per heavy atom. The molecule has 6 nitrogen and oxygen atoms in total. The Bertz CT molecular complexity index is 730. The third kappa shape index (κ3) is 2.20. The number of anilines is 2. The van der Waals surface area contributed by atoms with Gasteiger partial charge < -0.3 is 19.0 Å². The number of aromatic nitrogens is 3. The average Bonchev–Trinajstić information content (AvgIpc) is 3.06. The molecule has 0 spiro atoms. The first-order valence-electron chi connectivity index (χ1n) is 6.45. The minimum Gasteiger partial charge on any atom is -0.464 e. The summed E-state index contributed by atoms with van der Waals surface area (Å²) in [4.78, 5) is 11.0. The molecule has 3 heterocycles. The van der Waals surface area contributed by atoms with E-state index in [1.807, 2.05) is 54.8 Å². The smallest absolute Gasteiger partial charge is 0.180 e. The lowest BCUT2D eigenvalue weighted by molar-refractivity contribution is 0.481. The largest absolute Gasteiger partial charge is 0.464 e. The quantitative estimate of drug-likeness (QED) is 0.789. The number of nitrogens with one attached hydrogen (secondary N) is 1. The minimum atomic E-state index is 0.649. The average molecular weight is 271 g/mol. The van der Waals surface area contributed by atoms with Crippen LogP contribution in [0.2, 0.25) is 0 Å². The highest BCUT2D eigenvalue weighted by atomic mass is 16.3. The number of nitrogens with zero attached hydrogens (tertiary/aromatic N) is 4. The van der Waals surface area contributed by atoms with Gasteiger partial charge in [0.1, 0.15) is 17.3 Å². The predicted molar refractivity (Wildman–Crippen MR) is 78.1 cm³/mol. The van der Waals surface area contributed by atoms with Gasteiger partial charge in [0.2, 0.25) is 0 Å². The highest BCUT2D eigenvalue weighted by Gasteiger charge is 2.13. The molecule has 0 aliphatic rings. The van der Waals surface area contributed by atoms with Crippen molar-refractivity contribution < 1.29 is 4.42 Å². The van der Waals surface area contributed by atoms with E-state index in [1.54, 1.807) is 6.20 Å². The zero-order chi connectivity index (χ0) is 14.1. The Kier molecular flexibility index (Phi) is 3.06. The summed E-state index contributed by atoms with van der Waals surface area (Å²) >= 11 is 0.